The maximum Gasteiger partial charge on any atom is 0.283 e. The molecule has 0 atom stereocenters. The van der Waals surface area contributed by atoms with Crippen LogP contribution in [0.15, 0.2) is 17.2 Å². The summed E-state index contributed by atoms with van der Waals surface area (Å²) in [6.07, 6.45) is -2.51. The van der Waals surface area contributed by atoms with Crippen LogP contribution in [0.1, 0.15) is 12.1 Å². The third-order valence-electron chi connectivity index (χ3n) is 1.38. The smallest absolute Gasteiger partial charge is 0.251 e. The van der Waals surface area contributed by atoms with Gasteiger partial charge < -0.3 is 0 Å². The lowest BCUT2D eigenvalue weighted by Gasteiger charge is -2.02. The van der Waals surface area contributed by atoms with Crippen LogP contribution in [0.5, 0.6) is 0 Å². The van der Waals surface area contributed by atoms with Crippen molar-refractivity contribution in [3.05, 3.63) is 23.8 Å². The van der Waals surface area contributed by atoms with Gasteiger partial charge >= 0.3 is 0 Å². The summed E-state index contributed by atoms with van der Waals surface area (Å²) in [5.74, 6) is -1.40. The van der Waals surface area contributed by atoms with E-state index in [1.165, 1.54) is 0 Å². The van der Waals surface area contributed by atoms with Crippen molar-refractivity contribution in [3.8, 4) is 0 Å². The van der Waals surface area contributed by atoms with Gasteiger partial charge in [-0.05, 0) is 6.07 Å². The average molecular weight is 226 g/mol. The molecule has 1 rings (SSSR count). The van der Waals surface area contributed by atoms with Crippen molar-refractivity contribution in [2.24, 2.45) is 5.14 Å². The van der Waals surface area contributed by atoms with Crippen molar-refractivity contribution in [1.82, 2.24) is 4.98 Å². The van der Waals surface area contributed by atoms with E-state index in [1.54, 1.807) is 0 Å². The zero-order chi connectivity index (χ0) is 10.9. The van der Waals surface area contributed by atoms with E-state index in [9.17, 15) is 21.6 Å². The number of nitrogens with zero attached hydrogens (tertiary/aromatic N) is 1. The molecule has 0 fully saturated rings. The Morgan fingerprint density at radius 1 is 1.43 bits per heavy atom. The Morgan fingerprint density at radius 3 is 2.36 bits per heavy atom. The number of aromatic nitrogens is 1. The van der Waals surface area contributed by atoms with Crippen molar-refractivity contribution in [1.29, 1.82) is 0 Å². The van der Waals surface area contributed by atoms with E-state index in [4.69, 9.17) is 0 Å². The number of nitrogens with two attached hydrogens (primary N) is 1. The van der Waals surface area contributed by atoms with Crippen molar-refractivity contribution < 1.29 is 21.6 Å². The topological polar surface area (TPSA) is 73.1 Å². The lowest BCUT2D eigenvalue weighted by atomic mass is 10.3. The van der Waals surface area contributed by atoms with Crippen LogP contribution in [0.25, 0.3) is 0 Å². The quantitative estimate of drug-likeness (QED) is 0.810. The number of hydrogen-bond acceptors (Lipinski definition) is 3. The first kappa shape index (κ1) is 10.9. The molecule has 0 saturated heterocycles. The largest absolute Gasteiger partial charge is 0.283 e. The maximum atomic E-state index is 12.8. The van der Waals surface area contributed by atoms with Gasteiger partial charge in [-0.25, -0.2) is 26.7 Å². The van der Waals surface area contributed by atoms with Gasteiger partial charge in [-0.2, -0.15) is 0 Å². The van der Waals surface area contributed by atoms with Gasteiger partial charge in [-0.15, -0.1) is 0 Å². The Labute approximate surface area is 77.6 Å². The molecule has 78 valence electrons. The molecule has 0 amide bonds. The van der Waals surface area contributed by atoms with Crippen LogP contribution in [0.2, 0.25) is 0 Å². The van der Waals surface area contributed by atoms with Gasteiger partial charge in [0.15, 0.2) is 5.82 Å². The second kappa shape index (κ2) is 3.54. The van der Waals surface area contributed by atoms with Crippen molar-refractivity contribution in [3.63, 3.8) is 0 Å². The van der Waals surface area contributed by atoms with Gasteiger partial charge in [0.1, 0.15) is 10.6 Å². The predicted molar refractivity (Wildman–Crippen MR) is 40.5 cm³/mol. The van der Waals surface area contributed by atoms with E-state index >= 15 is 0 Å². The molecular weight excluding hydrogens is 221 g/mol. The molecule has 1 aromatic rings. The predicted octanol–water partition coefficient (Wildman–Crippen LogP) is 0.806. The van der Waals surface area contributed by atoms with E-state index in [-0.39, 0.29) is 0 Å². The summed E-state index contributed by atoms with van der Waals surface area (Å²) < 4.78 is 58.0. The fourth-order valence-electron chi connectivity index (χ4n) is 0.747. The molecule has 0 aromatic carbocycles. The highest BCUT2D eigenvalue weighted by Crippen LogP contribution is 2.20. The second-order valence-corrected chi connectivity index (χ2v) is 3.95. The summed E-state index contributed by atoms with van der Waals surface area (Å²) in [6, 6.07) is 0.407. The number of hydrogen-bond donors (Lipinski definition) is 1. The molecule has 0 spiro atoms. The zero-order valence-corrected chi connectivity index (χ0v) is 7.43. The Bertz CT molecular complexity index is 446. The molecule has 0 aliphatic rings. The zero-order valence-electron chi connectivity index (χ0n) is 6.62. The summed E-state index contributed by atoms with van der Waals surface area (Å²) in [5, 5.41) is 4.63. The molecule has 1 heterocycles. The number of primary sulfonamides is 1. The Hall–Kier alpha value is -1.15. The number of pyridine rings is 1. The van der Waals surface area contributed by atoms with Crippen LogP contribution in [0.4, 0.5) is 13.2 Å². The first-order valence-corrected chi connectivity index (χ1v) is 4.83. The molecule has 0 saturated carbocycles. The minimum Gasteiger partial charge on any atom is -0.251 e. The summed E-state index contributed by atoms with van der Waals surface area (Å²) >= 11 is 0. The SMILES string of the molecule is NS(=O)(=O)c1cnc(C(F)F)c(F)c1. The van der Waals surface area contributed by atoms with E-state index < -0.39 is 32.9 Å². The Balaban J connectivity index is 3.27. The molecular formula is C6H5F3N2O2S. The first-order chi connectivity index (χ1) is 6.32. The Morgan fingerprint density at radius 2 is 2.00 bits per heavy atom. The lowest BCUT2D eigenvalue weighted by Crippen LogP contribution is -2.13. The van der Waals surface area contributed by atoms with Crippen LogP contribution < -0.4 is 5.14 Å². The normalized spacial score (nSPS) is 12.1. The van der Waals surface area contributed by atoms with E-state index in [0.717, 1.165) is 0 Å². The van der Waals surface area contributed by atoms with Crippen LogP contribution in [-0.4, -0.2) is 13.4 Å². The molecule has 1 aromatic heterocycles. The van der Waals surface area contributed by atoms with Gasteiger partial charge in [0.25, 0.3) is 6.43 Å². The third kappa shape index (κ3) is 2.20. The maximum absolute atomic E-state index is 12.8. The first-order valence-electron chi connectivity index (χ1n) is 3.29. The van der Waals surface area contributed by atoms with Crippen LogP contribution in [0, 0.1) is 5.82 Å². The summed E-state index contributed by atoms with van der Waals surface area (Å²) in [4.78, 5) is 2.32. The van der Waals surface area contributed by atoms with Crippen LogP contribution in [-0.2, 0) is 10.0 Å². The standard InChI is InChI=1S/C6H5F3N2O2S/c7-4-1-3(14(10,12)13)2-11-5(4)6(8)9/h1-2,6H,(H2,10,12,13). The van der Waals surface area contributed by atoms with Gasteiger partial charge in [0.2, 0.25) is 10.0 Å². The summed E-state index contributed by atoms with van der Waals surface area (Å²) in [5.41, 5.74) is -1.10. The monoisotopic (exact) mass is 226 g/mol. The molecule has 0 aliphatic heterocycles. The molecule has 0 aliphatic carbocycles. The molecule has 2 N–H and O–H groups in total. The lowest BCUT2D eigenvalue weighted by molar-refractivity contribution is 0.140. The number of halogens is 3. The van der Waals surface area contributed by atoms with Crippen molar-refractivity contribution >= 4 is 10.0 Å². The highest BCUT2D eigenvalue weighted by molar-refractivity contribution is 7.89. The summed E-state index contributed by atoms with van der Waals surface area (Å²) in [6.45, 7) is 0. The van der Waals surface area contributed by atoms with Gasteiger partial charge in [-0.3, -0.25) is 4.98 Å². The number of alkyl halides is 2. The van der Waals surface area contributed by atoms with E-state index in [0.29, 0.717) is 12.3 Å². The van der Waals surface area contributed by atoms with Gasteiger partial charge in [0.05, 0.1) is 0 Å². The molecule has 0 radical (unpaired) electrons. The minimum atomic E-state index is -4.12. The Kier molecular flexibility index (Phi) is 2.76. The highest BCUT2D eigenvalue weighted by atomic mass is 32.2. The third-order valence-corrected chi connectivity index (χ3v) is 2.26. The van der Waals surface area contributed by atoms with Crippen molar-refractivity contribution in [2.75, 3.05) is 0 Å². The van der Waals surface area contributed by atoms with Crippen LogP contribution >= 0.6 is 0 Å². The number of rotatable bonds is 2. The van der Waals surface area contributed by atoms with E-state index in [2.05, 4.69) is 10.1 Å². The van der Waals surface area contributed by atoms with Gasteiger partial charge in [0, 0.05) is 6.20 Å². The highest BCUT2D eigenvalue weighted by Gasteiger charge is 2.18. The average Bonchev–Trinajstić information content (AvgIpc) is 2.01. The van der Waals surface area contributed by atoms with Crippen molar-refractivity contribution in [2.45, 2.75) is 11.3 Å². The molecule has 4 nitrogen and oxygen atoms in total. The number of sulfonamides is 1. The fraction of sp³-hybridized carbons (Fsp3) is 0.167. The fourth-order valence-corrected chi connectivity index (χ4v) is 1.21. The van der Waals surface area contributed by atoms with E-state index in [1.807, 2.05) is 0 Å². The molecule has 8 heteroatoms. The molecule has 0 unspecified atom stereocenters. The van der Waals surface area contributed by atoms with Crippen LogP contribution in [0.3, 0.4) is 0 Å². The van der Waals surface area contributed by atoms with Gasteiger partial charge in [-0.1, -0.05) is 0 Å². The molecule has 0 bridgehead atoms. The molecule has 14 heavy (non-hydrogen) atoms. The second-order valence-electron chi connectivity index (χ2n) is 2.38. The summed E-state index contributed by atoms with van der Waals surface area (Å²) in [7, 11) is -4.12. The minimum absolute atomic E-state index is 0.407.